The second-order valence-corrected chi connectivity index (χ2v) is 6.42. The van der Waals surface area contributed by atoms with Crippen molar-refractivity contribution in [1.29, 1.82) is 0 Å². The van der Waals surface area contributed by atoms with E-state index >= 15 is 0 Å². The number of hydrogen-bond acceptors (Lipinski definition) is 3. The van der Waals surface area contributed by atoms with Crippen LogP contribution in [0.15, 0.2) is 23.1 Å². The van der Waals surface area contributed by atoms with Gasteiger partial charge in [0.2, 0.25) is 5.91 Å². The number of carbonyl (C=O) groups excluding carboxylic acids is 1. The topological polar surface area (TPSA) is 32.3 Å². The van der Waals surface area contributed by atoms with E-state index in [1.807, 2.05) is 4.90 Å². The van der Waals surface area contributed by atoms with Crippen molar-refractivity contribution in [3.05, 3.63) is 28.2 Å². The minimum absolute atomic E-state index is 0.148. The third-order valence-electron chi connectivity index (χ3n) is 2.97. The van der Waals surface area contributed by atoms with Gasteiger partial charge in [-0.3, -0.25) is 4.79 Å². The Morgan fingerprint density at radius 1 is 1.53 bits per heavy atom. The Morgan fingerprint density at radius 3 is 3.05 bits per heavy atom. The average Bonchev–Trinajstić information content (AvgIpc) is 2.39. The van der Waals surface area contributed by atoms with Gasteiger partial charge in [0, 0.05) is 35.6 Å². The van der Waals surface area contributed by atoms with Gasteiger partial charge in [0.15, 0.2) is 0 Å². The second-order valence-electron chi connectivity index (χ2n) is 4.56. The summed E-state index contributed by atoms with van der Waals surface area (Å²) in [6, 6.07) is 5.65. The molecule has 1 N–H and O–H groups in total. The molecule has 6 heteroatoms. The maximum absolute atomic E-state index is 12.1. The molecule has 1 fully saturated rings. The Balaban J connectivity index is 1.91. The molecule has 1 aliphatic rings. The number of hydrogen-bond donors (Lipinski definition) is 1. The number of nitrogens with one attached hydrogen (secondary N) is 1. The molecule has 1 atom stereocenters. The molecule has 0 aromatic heterocycles. The van der Waals surface area contributed by atoms with Crippen LogP contribution in [0.3, 0.4) is 0 Å². The normalized spacial score (nSPS) is 19.5. The summed E-state index contributed by atoms with van der Waals surface area (Å²) in [4.78, 5) is 14.9. The summed E-state index contributed by atoms with van der Waals surface area (Å²) in [5.41, 5.74) is 0. The lowest BCUT2D eigenvalue weighted by Gasteiger charge is -2.31. The zero-order valence-corrected chi connectivity index (χ0v) is 13.0. The molecular weight excluding hydrogens is 303 g/mol. The molecule has 0 spiro atoms. The van der Waals surface area contributed by atoms with Gasteiger partial charge in [-0.2, -0.15) is 0 Å². The van der Waals surface area contributed by atoms with E-state index in [2.05, 4.69) is 12.2 Å². The molecule has 0 radical (unpaired) electrons. The highest BCUT2D eigenvalue weighted by molar-refractivity contribution is 8.00. The summed E-state index contributed by atoms with van der Waals surface area (Å²) >= 11 is 13.4. The van der Waals surface area contributed by atoms with Crippen molar-refractivity contribution < 1.29 is 4.79 Å². The fourth-order valence-corrected chi connectivity index (χ4v) is 3.37. The van der Waals surface area contributed by atoms with Gasteiger partial charge in [-0.05, 0) is 25.1 Å². The van der Waals surface area contributed by atoms with Crippen LogP contribution in [-0.2, 0) is 4.79 Å². The van der Waals surface area contributed by atoms with Gasteiger partial charge in [-0.1, -0.05) is 23.2 Å². The molecule has 1 heterocycles. The highest BCUT2D eigenvalue weighted by Gasteiger charge is 2.20. The maximum Gasteiger partial charge on any atom is 0.233 e. The number of amides is 1. The Hall–Kier alpha value is -0.420. The van der Waals surface area contributed by atoms with Crippen molar-refractivity contribution in [1.82, 2.24) is 10.2 Å². The quantitative estimate of drug-likeness (QED) is 0.870. The maximum atomic E-state index is 12.1. The number of piperazine rings is 1. The first kappa shape index (κ1) is 15.0. The third-order valence-corrected chi connectivity index (χ3v) is 4.68. The summed E-state index contributed by atoms with van der Waals surface area (Å²) in [5, 5.41) is 4.59. The van der Waals surface area contributed by atoms with Gasteiger partial charge in [0.1, 0.15) is 0 Å². The first-order chi connectivity index (χ1) is 9.06. The van der Waals surface area contributed by atoms with Crippen molar-refractivity contribution in [3.63, 3.8) is 0 Å². The van der Waals surface area contributed by atoms with Crippen LogP contribution in [0.1, 0.15) is 6.92 Å². The van der Waals surface area contributed by atoms with Gasteiger partial charge in [-0.25, -0.2) is 0 Å². The van der Waals surface area contributed by atoms with Crippen LogP contribution in [0.4, 0.5) is 0 Å². The van der Waals surface area contributed by atoms with Gasteiger partial charge >= 0.3 is 0 Å². The molecule has 1 unspecified atom stereocenters. The monoisotopic (exact) mass is 318 g/mol. The van der Waals surface area contributed by atoms with E-state index < -0.39 is 0 Å². The lowest BCUT2D eigenvalue weighted by molar-refractivity contribution is -0.129. The molecule has 1 aromatic rings. The Labute approximate surface area is 127 Å². The van der Waals surface area contributed by atoms with E-state index in [1.165, 1.54) is 11.8 Å². The molecule has 2 rings (SSSR count). The molecule has 1 saturated heterocycles. The van der Waals surface area contributed by atoms with Crippen molar-refractivity contribution in [2.24, 2.45) is 0 Å². The van der Waals surface area contributed by atoms with E-state index in [9.17, 15) is 4.79 Å². The van der Waals surface area contributed by atoms with Crippen LogP contribution in [0, 0.1) is 0 Å². The minimum Gasteiger partial charge on any atom is -0.339 e. The van der Waals surface area contributed by atoms with Crippen molar-refractivity contribution in [3.8, 4) is 0 Å². The largest absolute Gasteiger partial charge is 0.339 e. The minimum atomic E-state index is 0.148. The predicted molar refractivity (Wildman–Crippen MR) is 81.2 cm³/mol. The zero-order valence-electron chi connectivity index (χ0n) is 10.7. The number of rotatable bonds is 3. The SMILES string of the molecule is CC1CN(C(=O)CSc2cc(Cl)ccc2Cl)CCN1. The lowest BCUT2D eigenvalue weighted by Crippen LogP contribution is -2.51. The summed E-state index contributed by atoms with van der Waals surface area (Å²) < 4.78 is 0. The van der Waals surface area contributed by atoms with Crippen molar-refractivity contribution in [2.75, 3.05) is 25.4 Å². The summed E-state index contributed by atoms with van der Waals surface area (Å²) in [7, 11) is 0. The molecule has 104 valence electrons. The molecule has 1 aromatic carbocycles. The van der Waals surface area contributed by atoms with Crippen molar-refractivity contribution >= 4 is 40.9 Å². The Morgan fingerprint density at radius 2 is 2.32 bits per heavy atom. The van der Waals surface area contributed by atoms with E-state index in [1.54, 1.807) is 18.2 Å². The standard InChI is InChI=1S/C13H16Cl2N2OS/c1-9-7-17(5-4-16-9)13(18)8-19-12-6-10(14)2-3-11(12)15/h2-3,6,9,16H,4-5,7-8H2,1H3. The number of nitrogens with zero attached hydrogens (tertiary/aromatic N) is 1. The molecule has 3 nitrogen and oxygen atoms in total. The fraction of sp³-hybridized carbons (Fsp3) is 0.462. The van der Waals surface area contributed by atoms with Crippen molar-refractivity contribution in [2.45, 2.75) is 17.9 Å². The Kier molecular flexibility index (Phi) is 5.39. The highest BCUT2D eigenvalue weighted by atomic mass is 35.5. The number of carbonyl (C=O) groups is 1. The summed E-state index contributed by atoms with van der Waals surface area (Å²) in [5.74, 6) is 0.543. The molecule has 1 amide bonds. The zero-order chi connectivity index (χ0) is 13.8. The van der Waals surface area contributed by atoms with E-state index in [-0.39, 0.29) is 5.91 Å². The van der Waals surface area contributed by atoms with Gasteiger partial charge in [0.25, 0.3) is 0 Å². The first-order valence-corrected chi connectivity index (χ1v) is 7.89. The van der Waals surface area contributed by atoms with Gasteiger partial charge < -0.3 is 10.2 Å². The summed E-state index contributed by atoms with van der Waals surface area (Å²) in [6.07, 6.45) is 0. The molecular formula is C13H16Cl2N2OS. The predicted octanol–water partition coefficient (Wildman–Crippen LogP) is 2.91. The number of thioether (sulfide) groups is 1. The fourth-order valence-electron chi connectivity index (χ4n) is 1.98. The highest BCUT2D eigenvalue weighted by Crippen LogP contribution is 2.30. The molecule has 1 aliphatic heterocycles. The Bertz CT molecular complexity index is 470. The van der Waals surface area contributed by atoms with Crippen LogP contribution in [0.25, 0.3) is 0 Å². The van der Waals surface area contributed by atoms with Crippen LogP contribution < -0.4 is 5.32 Å². The molecule has 0 aliphatic carbocycles. The third kappa shape index (κ3) is 4.28. The summed E-state index contributed by atoms with van der Waals surface area (Å²) in [6.45, 7) is 4.48. The average molecular weight is 319 g/mol. The van der Waals surface area contributed by atoms with E-state index in [4.69, 9.17) is 23.2 Å². The second kappa shape index (κ2) is 6.84. The van der Waals surface area contributed by atoms with E-state index in [0.717, 1.165) is 24.5 Å². The van der Waals surface area contributed by atoms with Crippen LogP contribution >= 0.6 is 35.0 Å². The number of benzene rings is 1. The lowest BCUT2D eigenvalue weighted by atomic mass is 10.2. The van der Waals surface area contributed by atoms with Crippen LogP contribution in [-0.4, -0.2) is 42.2 Å². The molecule has 0 saturated carbocycles. The van der Waals surface area contributed by atoms with Crippen LogP contribution in [0.2, 0.25) is 10.0 Å². The first-order valence-electron chi connectivity index (χ1n) is 6.15. The van der Waals surface area contributed by atoms with Gasteiger partial charge in [-0.15, -0.1) is 11.8 Å². The smallest absolute Gasteiger partial charge is 0.233 e. The number of halogens is 2. The molecule has 0 bridgehead atoms. The molecule has 19 heavy (non-hydrogen) atoms. The van der Waals surface area contributed by atoms with Gasteiger partial charge in [0.05, 0.1) is 10.8 Å². The van der Waals surface area contributed by atoms with Crippen LogP contribution in [0.5, 0.6) is 0 Å². The van der Waals surface area contributed by atoms with E-state index in [0.29, 0.717) is 21.8 Å².